The van der Waals surface area contributed by atoms with Crippen LogP contribution in [0.3, 0.4) is 0 Å². The molecular weight excluding hydrogens is 300 g/mol. The smallest absolute Gasteiger partial charge is 0.240 e. The Labute approximate surface area is 142 Å². The fourth-order valence-electron chi connectivity index (χ4n) is 2.81. The van der Waals surface area contributed by atoms with E-state index in [1.807, 2.05) is 54.6 Å². The lowest BCUT2D eigenvalue weighted by molar-refractivity contribution is -0.131. The minimum absolute atomic E-state index is 0.218. The molecule has 24 heavy (non-hydrogen) atoms. The second kappa shape index (κ2) is 6.48. The van der Waals surface area contributed by atoms with E-state index in [0.29, 0.717) is 24.4 Å². The molecule has 1 aliphatic rings. The molecular formula is C20H22N2O2. The van der Waals surface area contributed by atoms with Crippen LogP contribution in [0.25, 0.3) is 0 Å². The van der Waals surface area contributed by atoms with E-state index in [9.17, 15) is 9.59 Å². The fraction of sp³-hybridized carbons (Fsp3) is 0.300. The lowest BCUT2D eigenvalue weighted by atomic mass is 9.99. The third-order valence-corrected chi connectivity index (χ3v) is 4.48. The number of hydrogen-bond acceptors (Lipinski definition) is 2. The van der Waals surface area contributed by atoms with Gasteiger partial charge in [0.05, 0.1) is 0 Å². The monoisotopic (exact) mass is 322 g/mol. The molecule has 1 aliphatic carbocycles. The van der Waals surface area contributed by atoms with Crippen molar-refractivity contribution in [1.29, 1.82) is 0 Å². The summed E-state index contributed by atoms with van der Waals surface area (Å²) in [5, 5.41) is 5.81. The number of carbonyl (C=O) groups is 2. The van der Waals surface area contributed by atoms with E-state index >= 15 is 0 Å². The quantitative estimate of drug-likeness (QED) is 0.812. The molecule has 2 aromatic rings. The third-order valence-electron chi connectivity index (χ3n) is 4.48. The summed E-state index contributed by atoms with van der Waals surface area (Å²) in [4.78, 5) is 25.3. The average Bonchev–Trinajstić information content (AvgIpc) is 3.38. The Bertz CT molecular complexity index is 749. The van der Waals surface area contributed by atoms with Gasteiger partial charge in [0.15, 0.2) is 0 Å². The van der Waals surface area contributed by atoms with Gasteiger partial charge in [-0.05, 0) is 42.5 Å². The first-order valence-corrected chi connectivity index (χ1v) is 8.30. The van der Waals surface area contributed by atoms with Crippen LogP contribution in [-0.2, 0) is 9.59 Å². The molecule has 0 bridgehead atoms. The Hall–Kier alpha value is -2.62. The van der Waals surface area contributed by atoms with Gasteiger partial charge in [-0.3, -0.25) is 9.59 Å². The van der Waals surface area contributed by atoms with Gasteiger partial charge in [-0.15, -0.1) is 0 Å². The van der Waals surface area contributed by atoms with Crippen LogP contribution in [0.15, 0.2) is 54.6 Å². The molecule has 0 aliphatic heterocycles. The van der Waals surface area contributed by atoms with Gasteiger partial charge in [0.2, 0.25) is 11.8 Å². The lowest BCUT2D eigenvalue weighted by Crippen LogP contribution is -2.35. The van der Waals surface area contributed by atoms with Crippen molar-refractivity contribution in [3.63, 3.8) is 0 Å². The molecule has 0 unspecified atom stereocenters. The van der Waals surface area contributed by atoms with Crippen molar-refractivity contribution in [2.24, 2.45) is 5.41 Å². The van der Waals surface area contributed by atoms with Gasteiger partial charge in [0, 0.05) is 11.4 Å². The van der Waals surface area contributed by atoms with Crippen LogP contribution in [0.1, 0.15) is 38.2 Å². The number of anilines is 2. The first-order valence-electron chi connectivity index (χ1n) is 8.30. The number of benzene rings is 2. The average molecular weight is 322 g/mol. The number of hydrogen-bond donors (Lipinski definition) is 2. The van der Waals surface area contributed by atoms with Crippen LogP contribution in [-0.4, -0.2) is 11.8 Å². The van der Waals surface area contributed by atoms with Crippen molar-refractivity contribution in [3.8, 4) is 0 Å². The molecule has 0 saturated heterocycles. The first kappa shape index (κ1) is 16.2. The second-order valence-electron chi connectivity index (χ2n) is 6.60. The molecule has 2 N–H and O–H groups in total. The molecule has 0 heterocycles. The molecule has 4 heteroatoms. The third kappa shape index (κ3) is 3.18. The van der Waals surface area contributed by atoms with Crippen molar-refractivity contribution < 1.29 is 9.59 Å². The number of amides is 2. The highest BCUT2D eigenvalue weighted by Crippen LogP contribution is 2.47. The fourth-order valence-corrected chi connectivity index (χ4v) is 2.81. The molecule has 3 rings (SSSR count). The predicted molar refractivity (Wildman–Crippen MR) is 95.9 cm³/mol. The number of carbonyl (C=O) groups excluding carboxylic acids is 2. The number of para-hydroxylation sites is 2. The molecule has 2 aromatic carbocycles. The van der Waals surface area contributed by atoms with Gasteiger partial charge in [-0.1, -0.05) is 50.2 Å². The Morgan fingerprint density at radius 3 is 2.08 bits per heavy atom. The van der Waals surface area contributed by atoms with Crippen LogP contribution < -0.4 is 10.6 Å². The maximum absolute atomic E-state index is 12.7. The van der Waals surface area contributed by atoms with Gasteiger partial charge < -0.3 is 10.6 Å². The summed E-state index contributed by atoms with van der Waals surface area (Å²) in [5.41, 5.74) is 1.63. The van der Waals surface area contributed by atoms with E-state index in [0.717, 1.165) is 11.3 Å². The van der Waals surface area contributed by atoms with Crippen LogP contribution in [0.2, 0.25) is 0 Å². The molecule has 0 spiro atoms. The SMILES string of the molecule is CC(C)c1ccccc1NC(=O)C1(C(=O)Nc2ccccc2)CC1. The van der Waals surface area contributed by atoms with Gasteiger partial charge in [-0.2, -0.15) is 0 Å². The maximum atomic E-state index is 12.7. The van der Waals surface area contributed by atoms with E-state index in [1.54, 1.807) is 0 Å². The summed E-state index contributed by atoms with van der Waals surface area (Å²) in [6.45, 7) is 4.17. The molecule has 124 valence electrons. The summed E-state index contributed by atoms with van der Waals surface area (Å²) in [5.74, 6) is -0.146. The van der Waals surface area contributed by atoms with Crippen LogP contribution >= 0.6 is 0 Å². The Balaban J connectivity index is 1.74. The zero-order valence-corrected chi connectivity index (χ0v) is 14.0. The molecule has 0 aromatic heterocycles. The largest absolute Gasteiger partial charge is 0.325 e. The van der Waals surface area contributed by atoms with Gasteiger partial charge in [0.25, 0.3) is 0 Å². The van der Waals surface area contributed by atoms with Crippen molar-refractivity contribution >= 4 is 23.2 Å². The predicted octanol–water partition coefficient (Wildman–Crippen LogP) is 4.17. The lowest BCUT2D eigenvalue weighted by Gasteiger charge is -2.18. The Kier molecular flexibility index (Phi) is 4.38. The van der Waals surface area contributed by atoms with E-state index < -0.39 is 5.41 Å². The molecule has 1 fully saturated rings. The summed E-state index contributed by atoms with van der Waals surface area (Å²) in [7, 11) is 0. The normalized spacial score (nSPS) is 15.0. The number of rotatable bonds is 5. The summed E-state index contributed by atoms with van der Waals surface area (Å²) in [6.07, 6.45) is 1.17. The van der Waals surface area contributed by atoms with Gasteiger partial charge in [0.1, 0.15) is 5.41 Å². The topological polar surface area (TPSA) is 58.2 Å². The van der Waals surface area contributed by atoms with Crippen molar-refractivity contribution in [2.75, 3.05) is 10.6 Å². The molecule has 1 saturated carbocycles. The van der Waals surface area contributed by atoms with Crippen LogP contribution in [0.5, 0.6) is 0 Å². The molecule has 0 atom stereocenters. The Morgan fingerprint density at radius 1 is 0.875 bits per heavy atom. The first-order chi connectivity index (χ1) is 11.5. The highest BCUT2D eigenvalue weighted by atomic mass is 16.2. The number of nitrogens with one attached hydrogen (secondary N) is 2. The zero-order valence-electron chi connectivity index (χ0n) is 14.0. The van der Waals surface area contributed by atoms with E-state index in [1.165, 1.54) is 0 Å². The minimum atomic E-state index is -0.945. The summed E-state index contributed by atoms with van der Waals surface area (Å²) in [6, 6.07) is 17.0. The highest BCUT2D eigenvalue weighted by Gasteiger charge is 2.56. The second-order valence-corrected chi connectivity index (χ2v) is 6.60. The highest BCUT2D eigenvalue weighted by molar-refractivity contribution is 6.17. The summed E-state index contributed by atoms with van der Waals surface area (Å²) < 4.78 is 0. The van der Waals surface area contributed by atoms with Crippen molar-refractivity contribution in [1.82, 2.24) is 0 Å². The summed E-state index contributed by atoms with van der Waals surface area (Å²) >= 11 is 0. The van der Waals surface area contributed by atoms with E-state index in [4.69, 9.17) is 0 Å². The Morgan fingerprint density at radius 2 is 1.46 bits per heavy atom. The molecule has 0 radical (unpaired) electrons. The van der Waals surface area contributed by atoms with Crippen LogP contribution in [0, 0.1) is 5.41 Å². The minimum Gasteiger partial charge on any atom is -0.325 e. The van der Waals surface area contributed by atoms with Crippen molar-refractivity contribution in [2.45, 2.75) is 32.6 Å². The molecule has 4 nitrogen and oxygen atoms in total. The maximum Gasteiger partial charge on any atom is 0.240 e. The van der Waals surface area contributed by atoms with Crippen LogP contribution in [0.4, 0.5) is 11.4 Å². The zero-order chi connectivity index (χ0) is 17.2. The van der Waals surface area contributed by atoms with E-state index in [2.05, 4.69) is 24.5 Å². The standard InChI is InChI=1S/C20H22N2O2/c1-14(2)16-10-6-7-11-17(16)22-19(24)20(12-13-20)18(23)21-15-8-4-3-5-9-15/h3-11,14H,12-13H2,1-2H3,(H,21,23)(H,22,24). The van der Waals surface area contributed by atoms with Gasteiger partial charge >= 0.3 is 0 Å². The molecule has 2 amide bonds. The van der Waals surface area contributed by atoms with Gasteiger partial charge in [-0.25, -0.2) is 0 Å². The van der Waals surface area contributed by atoms with Crippen molar-refractivity contribution in [3.05, 3.63) is 60.2 Å². The van der Waals surface area contributed by atoms with E-state index in [-0.39, 0.29) is 11.8 Å².